The van der Waals surface area contributed by atoms with Crippen LogP contribution in [-0.2, 0) is 14.2 Å². The van der Waals surface area contributed by atoms with Crippen molar-refractivity contribution < 1.29 is 14.2 Å². The maximum atomic E-state index is 5.73. The van der Waals surface area contributed by atoms with Gasteiger partial charge in [0.25, 0.3) is 0 Å². The van der Waals surface area contributed by atoms with Gasteiger partial charge in [-0.3, -0.25) is 4.99 Å². The van der Waals surface area contributed by atoms with Crippen molar-refractivity contribution in [2.75, 3.05) is 53.2 Å². The van der Waals surface area contributed by atoms with E-state index < -0.39 is 0 Å². The SMILES string of the molecule is CN=C(NCCCOC1CCOC1)NCCC1=CCOCC1. The molecule has 2 N–H and O–H groups in total. The molecule has 1 unspecified atom stereocenters. The third kappa shape index (κ3) is 6.77. The third-order valence-corrected chi connectivity index (χ3v) is 3.87. The van der Waals surface area contributed by atoms with E-state index in [1.54, 1.807) is 7.05 Å². The van der Waals surface area contributed by atoms with Crippen LogP contribution < -0.4 is 10.6 Å². The summed E-state index contributed by atoms with van der Waals surface area (Å²) < 4.78 is 16.3. The molecule has 0 aromatic rings. The quantitative estimate of drug-likeness (QED) is 0.304. The molecule has 0 saturated carbocycles. The fourth-order valence-electron chi connectivity index (χ4n) is 2.53. The molecule has 1 fully saturated rings. The molecule has 0 aromatic heterocycles. The lowest BCUT2D eigenvalue weighted by molar-refractivity contribution is 0.0420. The molecular formula is C16H29N3O3. The highest BCUT2D eigenvalue weighted by Crippen LogP contribution is 2.10. The molecule has 2 heterocycles. The van der Waals surface area contributed by atoms with Crippen LogP contribution in [0.15, 0.2) is 16.6 Å². The van der Waals surface area contributed by atoms with E-state index in [1.165, 1.54) is 5.57 Å². The summed E-state index contributed by atoms with van der Waals surface area (Å²) in [6.45, 7) is 5.73. The van der Waals surface area contributed by atoms with E-state index in [1.807, 2.05) is 0 Å². The molecule has 0 spiro atoms. The molecule has 126 valence electrons. The van der Waals surface area contributed by atoms with Gasteiger partial charge in [-0.2, -0.15) is 0 Å². The summed E-state index contributed by atoms with van der Waals surface area (Å²) in [7, 11) is 1.80. The van der Waals surface area contributed by atoms with Crippen molar-refractivity contribution in [1.82, 2.24) is 10.6 Å². The van der Waals surface area contributed by atoms with Gasteiger partial charge in [-0.05, 0) is 25.7 Å². The first-order valence-corrected chi connectivity index (χ1v) is 8.28. The van der Waals surface area contributed by atoms with Crippen LogP contribution >= 0.6 is 0 Å². The zero-order valence-electron chi connectivity index (χ0n) is 13.6. The van der Waals surface area contributed by atoms with Gasteiger partial charge < -0.3 is 24.8 Å². The molecule has 6 heteroatoms. The second-order valence-corrected chi connectivity index (χ2v) is 5.57. The highest BCUT2D eigenvalue weighted by atomic mass is 16.5. The smallest absolute Gasteiger partial charge is 0.190 e. The Bertz CT molecular complexity index is 366. The summed E-state index contributed by atoms with van der Waals surface area (Å²) >= 11 is 0. The fraction of sp³-hybridized carbons (Fsp3) is 0.812. The number of guanidine groups is 1. The number of hydrogen-bond acceptors (Lipinski definition) is 4. The summed E-state index contributed by atoms with van der Waals surface area (Å²) in [5.41, 5.74) is 1.47. The molecule has 0 radical (unpaired) electrons. The molecule has 6 nitrogen and oxygen atoms in total. The van der Waals surface area contributed by atoms with Gasteiger partial charge in [0, 0.05) is 33.4 Å². The van der Waals surface area contributed by atoms with Crippen LogP contribution in [0.3, 0.4) is 0 Å². The second-order valence-electron chi connectivity index (χ2n) is 5.57. The normalized spacial score (nSPS) is 22.5. The van der Waals surface area contributed by atoms with E-state index in [2.05, 4.69) is 21.7 Å². The van der Waals surface area contributed by atoms with Crippen LogP contribution in [0, 0.1) is 0 Å². The Morgan fingerprint density at radius 2 is 2.23 bits per heavy atom. The van der Waals surface area contributed by atoms with Crippen LogP contribution in [-0.4, -0.2) is 65.2 Å². The van der Waals surface area contributed by atoms with Gasteiger partial charge in [0.1, 0.15) is 0 Å². The highest BCUT2D eigenvalue weighted by molar-refractivity contribution is 5.79. The molecule has 0 amide bonds. The Labute approximate surface area is 133 Å². The van der Waals surface area contributed by atoms with E-state index in [0.717, 1.165) is 77.8 Å². The van der Waals surface area contributed by atoms with Gasteiger partial charge in [0.05, 0.1) is 25.9 Å². The summed E-state index contributed by atoms with van der Waals surface area (Å²) in [6.07, 6.45) is 6.58. The number of nitrogens with zero attached hydrogens (tertiary/aromatic N) is 1. The van der Waals surface area contributed by atoms with E-state index >= 15 is 0 Å². The molecule has 1 saturated heterocycles. The highest BCUT2D eigenvalue weighted by Gasteiger charge is 2.15. The number of hydrogen-bond donors (Lipinski definition) is 2. The first-order valence-electron chi connectivity index (χ1n) is 8.28. The minimum absolute atomic E-state index is 0.296. The Hall–Kier alpha value is -1.11. The number of ether oxygens (including phenoxy) is 3. The maximum Gasteiger partial charge on any atom is 0.190 e. The summed E-state index contributed by atoms with van der Waals surface area (Å²) in [5.74, 6) is 0.858. The lowest BCUT2D eigenvalue weighted by Crippen LogP contribution is -2.38. The maximum absolute atomic E-state index is 5.73. The summed E-state index contributed by atoms with van der Waals surface area (Å²) in [6, 6.07) is 0. The monoisotopic (exact) mass is 311 g/mol. The van der Waals surface area contributed by atoms with Crippen LogP contribution in [0.1, 0.15) is 25.7 Å². The van der Waals surface area contributed by atoms with Gasteiger partial charge in [-0.15, -0.1) is 0 Å². The van der Waals surface area contributed by atoms with E-state index in [9.17, 15) is 0 Å². The molecule has 22 heavy (non-hydrogen) atoms. The minimum atomic E-state index is 0.296. The average molecular weight is 311 g/mol. The van der Waals surface area contributed by atoms with Gasteiger partial charge >= 0.3 is 0 Å². The average Bonchev–Trinajstić information content (AvgIpc) is 3.07. The van der Waals surface area contributed by atoms with E-state index in [-0.39, 0.29) is 0 Å². The number of nitrogens with one attached hydrogen (secondary N) is 2. The summed E-state index contributed by atoms with van der Waals surface area (Å²) in [4.78, 5) is 4.24. The van der Waals surface area contributed by atoms with Crippen molar-refractivity contribution in [3.05, 3.63) is 11.6 Å². The van der Waals surface area contributed by atoms with Crippen molar-refractivity contribution in [1.29, 1.82) is 0 Å². The summed E-state index contributed by atoms with van der Waals surface area (Å²) in [5, 5.41) is 6.66. The van der Waals surface area contributed by atoms with Crippen molar-refractivity contribution in [2.45, 2.75) is 31.8 Å². The predicted molar refractivity (Wildman–Crippen MR) is 87.3 cm³/mol. The minimum Gasteiger partial charge on any atom is -0.379 e. The molecule has 1 atom stereocenters. The Morgan fingerprint density at radius 3 is 2.95 bits per heavy atom. The molecule has 2 rings (SSSR count). The zero-order valence-corrected chi connectivity index (χ0v) is 13.6. The topological polar surface area (TPSA) is 64.1 Å². The van der Waals surface area contributed by atoms with Crippen molar-refractivity contribution in [2.24, 2.45) is 4.99 Å². The number of aliphatic imine (C=N–C) groups is 1. The zero-order chi connectivity index (χ0) is 15.5. The number of rotatable bonds is 8. The first-order chi connectivity index (χ1) is 10.9. The Balaban J connectivity index is 1.48. The van der Waals surface area contributed by atoms with E-state index in [4.69, 9.17) is 14.2 Å². The standard InChI is InChI=1S/C16H29N3O3/c1-17-16(19-8-3-14-4-10-20-11-5-14)18-7-2-9-22-15-6-12-21-13-15/h4,15H,2-3,5-13H2,1H3,(H2,17,18,19). The largest absolute Gasteiger partial charge is 0.379 e. The molecular weight excluding hydrogens is 282 g/mol. The predicted octanol–water partition coefficient (Wildman–Crippen LogP) is 1.08. The van der Waals surface area contributed by atoms with Gasteiger partial charge in [-0.1, -0.05) is 11.6 Å². The van der Waals surface area contributed by atoms with Gasteiger partial charge in [-0.25, -0.2) is 0 Å². The Kier molecular flexibility index (Phi) is 8.30. The molecule has 2 aliphatic heterocycles. The first kappa shape index (κ1) is 17.2. The molecule has 0 aromatic carbocycles. The fourth-order valence-corrected chi connectivity index (χ4v) is 2.53. The lowest BCUT2D eigenvalue weighted by Gasteiger charge is -2.16. The van der Waals surface area contributed by atoms with Crippen molar-refractivity contribution in [3.63, 3.8) is 0 Å². The third-order valence-electron chi connectivity index (χ3n) is 3.87. The van der Waals surface area contributed by atoms with Crippen LogP contribution in [0.4, 0.5) is 0 Å². The van der Waals surface area contributed by atoms with Gasteiger partial charge in [0.15, 0.2) is 5.96 Å². The second kappa shape index (κ2) is 10.6. The molecule has 2 aliphatic rings. The molecule has 0 aliphatic carbocycles. The van der Waals surface area contributed by atoms with Crippen LogP contribution in [0.25, 0.3) is 0 Å². The van der Waals surface area contributed by atoms with Crippen molar-refractivity contribution in [3.8, 4) is 0 Å². The van der Waals surface area contributed by atoms with Crippen LogP contribution in [0.5, 0.6) is 0 Å². The van der Waals surface area contributed by atoms with E-state index in [0.29, 0.717) is 6.10 Å². The molecule has 0 bridgehead atoms. The Morgan fingerprint density at radius 1 is 1.32 bits per heavy atom. The van der Waals surface area contributed by atoms with Gasteiger partial charge in [0.2, 0.25) is 0 Å². The lowest BCUT2D eigenvalue weighted by atomic mass is 10.1. The van der Waals surface area contributed by atoms with Crippen molar-refractivity contribution >= 4 is 5.96 Å². The van der Waals surface area contributed by atoms with Crippen LogP contribution in [0.2, 0.25) is 0 Å².